The molecule has 140 valence electrons. The van der Waals surface area contributed by atoms with Crippen LogP contribution < -0.4 is 5.32 Å². The molecule has 1 amide bonds. The number of anilines is 1. The summed E-state index contributed by atoms with van der Waals surface area (Å²) < 4.78 is 1.96. The molecule has 0 radical (unpaired) electrons. The third kappa shape index (κ3) is 4.02. The van der Waals surface area contributed by atoms with Gasteiger partial charge in [0.25, 0.3) is 0 Å². The van der Waals surface area contributed by atoms with E-state index in [1.54, 1.807) is 18.5 Å². The topological polar surface area (TPSA) is 103 Å². The van der Waals surface area contributed by atoms with Crippen molar-refractivity contribution in [1.29, 1.82) is 0 Å². The van der Waals surface area contributed by atoms with Crippen LogP contribution in [-0.4, -0.2) is 40.9 Å². The minimum atomic E-state index is -0.206. The number of nitrogens with zero attached hydrogens (tertiary/aromatic N) is 7. The molecule has 0 aliphatic heterocycles. The molecule has 9 nitrogen and oxygen atoms in total. The van der Waals surface area contributed by atoms with Gasteiger partial charge in [-0.15, -0.1) is 10.2 Å². The highest BCUT2D eigenvalue weighted by molar-refractivity contribution is 5.89. The Morgan fingerprint density at radius 1 is 1.26 bits per heavy atom. The van der Waals surface area contributed by atoms with Crippen LogP contribution in [0.3, 0.4) is 0 Å². The van der Waals surface area contributed by atoms with Gasteiger partial charge in [-0.05, 0) is 37.1 Å². The number of tetrazole rings is 1. The Bertz CT molecular complexity index is 911. The summed E-state index contributed by atoms with van der Waals surface area (Å²) in [5.41, 5.74) is 1.66. The SMILES string of the molecule is Cc1cc(NC(=O)Cn2nnc(-c3cccnc3)n2)n(C2CCCCC2)n1. The van der Waals surface area contributed by atoms with Gasteiger partial charge >= 0.3 is 0 Å². The molecule has 3 heterocycles. The Balaban J connectivity index is 1.44. The quantitative estimate of drug-likeness (QED) is 0.743. The van der Waals surface area contributed by atoms with Crippen LogP contribution in [0.15, 0.2) is 30.6 Å². The zero-order valence-corrected chi connectivity index (χ0v) is 15.2. The molecule has 0 spiro atoms. The van der Waals surface area contributed by atoms with E-state index in [1.165, 1.54) is 24.1 Å². The number of aromatic nitrogens is 7. The molecule has 9 heteroatoms. The van der Waals surface area contributed by atoms with Gasteiger partial charge in [0.05, 0.1) is 11.7 Å². The van der Waals surface area contributed by atoms with Gasteiger partial charge in [0.1, 0.15) is 12.4 Å². The third-order valence-corrected chi connectivity index (χ3v) is 4.70. The summed E-state index contributed by atoms with van der Waals surface area (Å²) in [6.45, 7) is 1.93. The number of rotatable bonds is 5. The van der Waals surface area contributed by atoms with Crippen molar-refractivity contribution in [2.24, 2.45) is 0 Å². The fraction of sp³-hybridized carbons (Fsp3) is 0.444. The van der Waals surface area contributed by atoms with Crippen LogP contribution in [0, 0.1) is 6.92 Å². The zero-order chi connectivity index (χ0) is 18.6. The van der Waals surface area contributed by atoms with E-state index >= 15 is 0 Å². The molecule has 1 N–H and O–H groups in total. The molecule has 1 saturated carbocycles. The van der Waals surface area contributed by atoms with E-state index in [1.807, 2.05) is 23.7 Å². The van der Waals surface area contributed by atoms with E-state index in [9.17, 15) is 4.79 Å². The molecule has 3 aromatic rings. The van der Waals surface area contributed by atoms with Crippen molar-refractivity contribution >= 4 is 11.7 Å². The molecular formula is C18H22N8O. The predicted molar refractivity (Wildman–Crippen MR) is 98.8 cm³/mol. The highest BCUT2D eigenvalue weighted by Gasteiger charge is 2.20. The molecule has 1 aliphatic carbocycles. The smallest absolute Gasteiger partial charge is 0.249 e. The summed E-state index contributed by atoms with van der Waals surface area (Å²) in [7, 11) is 0. The Morgan fingerprint density at radius 2 is 2.11 bits per heavy atom. The first-order valence-corrected chi connectivity index (χ1v) is 9.23. The van der Waals surface area contributed by atoms with Crippen molar-refractivity contribution in [3.8, 4) is 11.4 Å². The molecular weight excluding hydrogens is 344 g/mol. The number of amides is 1. The van der Waals surface area contributed by atoms with Crippen molar-refractivity contribution in [1.82, 2.24) is 35.0 Å². The maximum absolute atomic E-state index is 12.5. The van der Waals surface area contributed by atoms with E-state index in [0.29, 0.717) is 11.9 Å². The maximum Gasteiger partial charge on any atom is 0.249 e. The molecule has 0 saturated heterocycles. The average Bonchev–Trinajstić information content (AvgIpc) is 3.29. The van der Waals surface area contributed by atoms with Crippen molar-refractivity contribution < 1.29 is 4.79 Å². The molecule has 3 aromatic heterocycles. The number of carbonyl (C=O) groups excluding carboxylic acids is 1. The first-order valence-electron chi connectivity index (χ1n) is 9.23. The van der Waals surface area contributed by atoms with Crippen molar-refractivity contribution in [2.75, 3.05) is 5.32 Å². The lowest BCUT2D eigenvalue weighted by Gasteiger charge is -2.23. The lowest BCUT2D eigenvalue weighted by Crippen LogP contribution is -2.24. The monoisotopic (exact) mass is 366 g/mol. The number of hydrogen-bond acceptors (Lipinski definition) is 6. The molecule has 0 aromatic carbocycles. The number of pyridine rings is 1. The molecule has 0 unspecified atom stereocenters. The highest BCUT2D eigenvalue weighted by atomic mass is 16.2. The van der Waals surface area contributed by atoms with Crippen LogP contribution in [0.1, 0.15) is 43.8 Å². The number of aryl methyl sites for hydroxylation is 1. The lowest BCUT2D eigenvalue weighted by atomic mass is 9.96. The first-order chi connectivity index (χ1) is 13.2. The van der Waals surface area contributed by atoms with Gasteiger partial charge in [0, 0.05) is 24.0 Å². The zero-order valence-electron chi connectivity index (χ0n) is 15.2. The molecule has 27 heavy (non-hydrogen) atoms. The van der Waals surface area contributed by atoms with Crippen molar-refractivity contribution in [3.05, 3.63) is 36.3 Å². The molecule has 1 aliphatic rings. The van der Waals surface area contributed by atoms with E-state index in [0.717, 1.165) is 29.9 Å². The summed E-state index contributed by atoms with van der Waals surface area (Å²) >= 11 is 0. The fourth-order valence-electron chi connectivity index (χ4n) is 3.45. The summed E-state index contributed by atoms with van der Waals surface area (Å²) in [5, 5.41) is 19.7. The fourth-order valence-corrected chi connectivity index (χ4v) is 3.45. The maximum atomic E-state index is 12.5. The Morgan fingerprint density at radius 3 is 2.89 bits per heavy atom. The van der Waals surface area contributed by atoms with Gasteiger partial charge in [-0.3, -0.25) is 9.78 Å². The van der Waals surface area contributed by atoms with Crippen molar-refractivity contribution in [2.45, 2.75) is 51.6 Å². The van der Waals surface area contributed by atoms with Crippen LogP contribution >= 0.6 is 0 Å². The van der Waals surface area contributed by atoms with E-state index < -0.39 is 0 Å². The van der Waals surface area contributed by atoms with Gasteiger partial charge in [-0.25, -0.2) is 4.68 Å². The predicted octanol–water partition coefficient (Wildman–Crippen LogP) is 2.38. The average molecular weight is 366 g/mol. The van der Waals surface area contributed by atoms with Crippen molar-refractivity contribution in [3.63, 3.8) is 0 Å². The number of nitrogens with one attached hydrogen (secondary N) is 1. The number of carbonyl (C=O) groups is 1. The first kappa shape index (κ1) is 17.3. The second-order valence-corrected chi connectivity index (χ2v) is 6.84. The number of hydrogen-bond donors (Lipinski definition) is 1. The van der Waals surface area contributed by atoms with Crippen LogP contribution in [0.2, 0.25) is 0 Å². The minimum Gasteiger partial charge on any atom is -0.309 e. The van der Waals surface area contributed by atoms with E-state index in [-0.39, 0.29) is 12.5 Å². The lowest BCUT2D eigenvalue weighted by molar-refractivity contribution is -0.117. The normalized spacial score (nSPS) is 15.0. The second kappa shape index (κ2) is 7.65. The summed E-state index contributed by atoms with van der Waals surface area (Å²) in [6.07, 6.45) is 9.22. The largest absolute Gasteiger partial charge is 0.309 e. The molecule has 4 rings (SSSR count). The van der Waals surface area contributed by atoms with Gasteiger partial charge in [0.15, 0.2) is 0 Å². The van der Waals surface area contributed by atoms with Crippen LogP contribution in [-0.2, 0) is 11.3 Å². The Kier molecular flexibility index (Phi) is 4.91. The Hall–Kier alpha value is -3.10. The molecule has 0 bridgehead atoms. The van der Waals surface area contributed by atoms with Gasteiger partial charge in [-0.1, -0.05) is 19.3 Å². The second-order valence-electron chi connectivity index (χ2n) is 6.84. The molecule has 0 atom stereocenters. The van der Waals surface area contributed by atoms with Crippen LogP contribution in [0.5, 0.6) is 0 Å². The summed E-state index contributed by atoms with van der Waals surface area (Å²) in [4.78, 5) is 17.8. The third-order valence-electron chi connectivity index (χ3n) is 4.70. The van der Waals surface area contributed by atoms with Gasteiger partial charge < -0.3 is 5.32 Å². The summed E-state index contributed by atoms with van der Waals surface area (Å²) in [6, 6.07) is 5.91. The van der Waals surface area contributed by atoms with Gasteiger partial charge in [0.2, 0.25) is 11.7 Å². The van der Waals surface area contributed by atoms with E-state index in [2.05, 4.69) is 30.8 Å². The summed E-state index contributed by atoms with van der Waals surface area (Å²) in [5.74, 6) is 0.970. The molecule has 1 fully saturated rings. The standard InChI is InChI=1S/C18H22N8O/c1-13-10-16(26(22-13)15-7-3-2-4-8-15)20-17(27)12-25-23-18(21-24-25)14-6-5-9-19-11-14/h5-6,9-11,15H,2-4,7-8,12H2,1H3,(H,20,27). The Labute approximate surface area is 156 Å². The van der Waals surface area contributed by atoms with Crippen LogP contribution in [0.4, 0.5) is 5.82 Å². The minimum absolute atomic E-state index is 0.0117. The van der Waals surface area contributed by atoms with E-state index in [4.69, 9.17) is 0 Å². The van der Waals surface area contributed by atoms with Gasteiger partial charge in [-0.2, -0.15) is 9.90 Å². The highest BCUT2D eigenvalue weighted by Crippen LogP contribution is 2.30. The van der Waals surface area contributed by atoms with Crippen LogP contribution in [0.25, 0.3) is 11.4 Å².